The molecular weight excluding hydrogens is 242 g/mol. The fourth-order valence-electron chi connectivity index (χ4n) is 1.67. The zero-order valence-electron chi connectivity index (χ0n) is 10.4. The van der Waals surface area contributed by atoms with Gasteiger partial charge in [-0.05, 0) is 19.8 Å². The summed E-state index contributed by atoms with van der Waals surface area (Å²) in [4.78, 5) is 11.6. The maximum Gasteiger partial charge on any atom is 0.360 e. The summed E-state index contributed by atoms with van der Waals surface area (Å²) < 4.78 is 6.48. The van der Waals surface area contributed by atoms with Crippen LogP contribution in [-0.4, -0.2) is 22.4 Å². The fraction of sp³-hybridized carbons (Fsp3) is 0.636. The minimum absolute atomic E-state index is 0.0953. The number of anilines is 1. The third-order valence-corrected chi connectivity index (χ3v) is 3.02. The summed E-state index contributed by atoms with van der Waals surface area (Å²) in [5, 5.41) is 4.33. The fourth-order valence-corrected chi connectivity index (χ4v) is 1.87. The minimum Gasteiger partial charge on any atom is -0.461 e. The molecule has 5 nitrogen and oxygen atoms in total. The number of ether oxygens (including phenoxy) is 1. The zero-order chi connectivity index (χ0) is 13.0. The Morgan fingerprint density at radius 3 is 2.53 bits per heavy atom. The second-order valence-corrected chi connectivity index (χ2v) is 4.06. The van der Waals surface area contributed by atoms with E-state index in [1.54, 1.807) is 11.6 Å². The molecule has 0 spiro atoms. The lowest BCUT2D eigenvalue weighted by atomic mass is 10.2. The first-order valence-electron chi connectivity index (χ1n) is 5.77. The van der Waals surface area contributed by atoms with Gasteiger partial charge in [0.1, 0.15) is 10.8 Å². The van der Waals surface area contributed by atoms with Crippen molar-refractivity contribution in [2.45, 2.75) is 39.7 Å². The Bertz CT molecular complexity index is 400. The number of hydrogen-bond donors (Lipinski definition) is 1. The van der Waals surface area contributed by atoms with Gasteiger partial charge >= 0.3 is 5.97 Å². The molecule has 1 aromatic rings. The molecule has 0 aliphatic heterocycles. The van der Waals surface area contributed by atoms with Gasteiger partial charge < -0.3 is 10.5 Å². The molecule has 2 N–H and O–H groups in total. The van der Waals surface area contributed by atoms with E-state index in [1.165, 1.54) is 0 Å². The highest BCUT2D eigenvalue weighted by Crippen LogP contribution is 2.28. The van der Waals surface area contributed by atoms with Crippen LogP contribution in [0.1, 0.15) is 50.1 Å². The van der Waals surface area contributed by atoms with E-state index in [-0.39, 0.29) is 23.4 Å². The van der Waals surface area contributed by atoms with Gasteiger partial charge in [0.15, 0.2) is 5.69 Å². The van der Waals surface area contributed by atoms with E-state index in [2.05, 4.69) is 5.10 Å². The number of nitrogens with zero attached hydrogens (tertiary/aromatic N) is 2. The van der Waals surface area contributed by atoms with Crippen molar-refractivity contribution < 1.29 is 9.53 Å². The van der Waals surface area contributed by atoms with Gasteiger partial charge in [0, 0.05) is 0 Å². The van der Waals surface area contributed by atoms with Crippen LogP contribution in [0.5, 0.6) is 0 Å². The van der Waals surface area contributed by atoms with E-state index in [0.717, 1.165) is 12.8 Å². The molecule has 1 rings (SSSR count). The Morgan fingerprint density at radius 1 is 1.47 bits per heavy atom. The molecule has 1 aromatic heterocycles. The van der Waals surface area contributed by atoms with Crippen LogP contribution in [0.15, 0.2) is 0 Å². The third-order valence-electron chi connectivity index (χ3n) is 2.64. The number of aromatic nitrogens is 2. The van der Waals surface area contributed by atoms with E-state index in [0.29, 0.717) is 5.82 Å². The summed E-state index contributed by atoms with van der Waals surface area (Å²) in [5.74, 6) is -0.211. The number of rotatable bonds is 5. The monoisotopic (exact) mass is 259 g/mol. The average Bonchev–Trinajstić information content (AvgIpc) is 2.60. The highest BCUT2D eigenvalue weighted by molar-refractivity contribution is 6.35. The molecule has 0 atom stereocenters. The van der Waals surface area contributed by atoms with Crippen molar-refractivity contribution in [1.82, 2.24) is 9.78 Å². The minimum atomic E-state index is -0.533. The van der Waals surface area contributed by atoms with Crippen LogP contribution in [0.4, 0.5) is 5.82 Å². The average molecular weight is 260 g/mol. The predicted octanol–water partition coefficient (Wildman–Crippen LogP) is 2.66. The Balaban J connectivity index is 3.11. The van der Waals surface area contributed by atoms with E-state index >= 15 is 0 Å². The van der Waals surface area contributed by atoms with Crippen molar-refractivity contribution >= 4 is 23.4 Å². The number of halogens is 1. The largest absolute Gasteiger partial charge is 0.461 e. The number of carbonyl (C=O) groups excluding carboxylic acids is 1. The number of esters is 1. The molecule has 0 aliphatic carbocycles. The van der Waals surface area contributed by atoms with Gasteiger partial charge in [0.2, 0.25) is 0 Å². The first-order chi connectivity index (χ1) is 8.06. The third kappa shape index (κ3) is 2.72. The van der Waals surface area contributed by atoms with Gasteiger partial charge in [-0.2, -0.15) is 5.10 Å². The summed E-state index contributed by atoms with van der Waals surface area (Å²) in [6.45, 7) is 6.08. The molecule has 0 bridgehead atoms. The second kappa shape index (κ2) is 5.91. The molecule has 0 saturated heterocycles. The second-order valence-electron chi connectivity index (χ2n) is 3.68. The molecule has 0 aromatic carbocycles. The maximum atomic E-state index is 11.6. The summed E-state index contributed by atoms with van der Waals surface area (Å²) in [7, 11) is 0. The van der Waals surface area contributed by atoms with Gasteiger partial charge in [-0.15, -0.1) is 0 Å². The lowest BCUT2D eigenvalue weighted by molar-refractivity contribution is 0.0518. The molecule has 0 radical (unpaired) electrons. The topological polar surface area (TPSA) is 70.1 Å². The summed E-state index contributed by atoms with van der Waals surface area (Å²) in [5.41, 5.74) is 5.95. The molecule has 0 unspecified atom stereocenters. The molecule has 0 saturated carbocycles. The van der Waals surface area contributed by atoms with E-state index in [4.69, 9.17) is 22.1 Å². The van der Waals surface area contributed by atoms with Crippen molar-refractivity contribution in [3.63, 3.8) is 0 Å². The summed E-state index contributed by atoms with van der Waals surface area (Å²) in [6.07, 6.45) is 1.75. The van der Waals surface area contributed by atoms with Crippen LogP contribution in [-0.2, 0) is 4.74 Å². The normalized spacial score (nSPS) is 10.9. The quantitative estimate of drug-likeness (QED) is 0.826. The lowest BCUT2D eigenvalue weighted by Crippen LogP contribution is -2.13. The SMILES string of the molecule is CCOC(=O)c1nn(C(CC)CC)c(N)c1Cl. The molecule has 0 aliphatic rings. The van der Waals surface area contributed by atoms with Crippen LogP contribution >= 0.6 is 11.6 Å². The van der Waals surface area contributed by atoms with Crippen LogP contribution < -0.4 is 5.73 Å². The molecular formula is C11H18ClN3O2. The van der Waals surface area contributed by atoms with Crippen LogP contribution in [0.25, 0.3) is 0 Å². The van der Waals surface area contributed by atoms with Crippen LogP contribution in [0.2, 0.25) is 5.02 Å². The number of nitrogen functional groups attached to an aromatic ring is 1. The Morgan fingerprint density at radius 2 is 2.06 bits per heavy atom. The van der Waals surface area contributed by atoms with Crippen LogP contribution in [0, 0.1) is 0 Å². The highest BCUT2D eigenvalue weighted by atomic mass is 35.5. The number of carbonyl (C=O) groups is 1. The lowest BCUT2D eigenvalue weighted by Gasteiger charge is -2.14. The van der Waals surface area contributed by atoms with Gasteiger partial charge in [-0.3, -0.25) is 0 Å². The van der Waals surface area contributed by atoms with Gasteiger partial charge in [-0.25, -0.2) is 9.48 Å². The Hall–Kier alpha value is -1.23. The van der Waals surface area contributed by atoms with Crippen molar-refractivity contribution in [2.24, 2.45) is 0 Å². The van der Waals surface area contributed by atoms with Gasteiger partial charge in [-0.1, -0.05) is 25.4 Å². The van der Waals surface area contributed by atoms with E-state index in [9.17, 15) is 4.79 Å². The van der Waals surface area contributed by atoms with E-state index in [1.807, 2.05) is 13.8 Å². The molecule has 96 valence electrons. The zero-order valence-corrected chi connectivity index (χ0v) is 11.1. The van der Waals surface area contributed by atoms with Crippen molar-refractivity contribution in [2.75, 3.05) is 12.3 Å². The Kier molecular flexibility index (Phi) is 4.81. The summed E-state index contributed by atoms with van der Waals surface area (Å²) >= 11 is 5.99. The first-order valence-corrected chi connectivity index (χ1v) is 6.15. The molecule has 6 heteroatoms. The summed E-state index contributed by atoms with van der Waals surface area (Å²) in [6, 6.07) is 0.149. The molecule has 0 amide bonds. The predicted molar refractivity (Wildman–Crippen MR) is 67.2 cm³/mol. The molecule has 1 heterocycles. The first kappa shape index (κ1) is 13.8. The maximum absolute atomic E-state index is 11.6. The van der Waals surface area contributed by atoms with Gasteiger partial charge in [0.25, 0.3) is 0 Å². The standard InChI is InChI=1S/C11H18ClN3O2/c1-4-7(5-2)15-10(13)8(12)9(14-15)11(16)17-6-3/h7H,4-6,13H2,1-3H3. The number of hydrogen-bond acceptors (Lipinski definition) is 4. The van der Waals surface area contributed by atoms with Gasteiger partial charge in [0.05, 0.1) is 12.6 Å². The molecule has 0 fully saturated rings. The van der Waals surface area contributed by atoms with Crippen molar-refractivity contribution in [1.29, 1.82) is 0 Å². The smallest absolute Gasteiger partial charge is 0.360 e. The van der Waals surface area contributed by atoms with Crippen molar-refractivity contribution in [3.8, 4) is 0 Å². The van der Waals surface area contributed by atoms with E-state index < -0.39 is 5.97 Å². The Labute approximate surface area is 106 Å². The van der Waals surface area contributed by atoms with Crippen LogP contribution in [0.3, 0.4) is 0 Å². The number of nitrogens with two attached hydrogens (primary N) is 1. The van der Waals surface area contributed by atoms with Crippen molar-refractivity contribution in [3.05, 3.63) is 10.7 Å². The highest BCUT2D eigenvalue weighted by Gasteiger charge is 2.23. The molecule has 17 heavy (non-hydrogen) atoms.